The van der Waals surface area contributed by atoms with E-state index >= 15 is 0 Å². The fourth-order valence-corrected chi connectivity index (χ4v) is 5.41. The van der Waals surface area contributed by atoms with E-state index in [1.54, 1.807) is 45.4 Å². The molecule has 0 aromatic heterocycles. The van der Waals surface area contributed by atoms with Crippen LogP contribution in [-0.4, -0.2) is 45.9 Å². The van der Waals surface area contributed by atoms with E-state index in [4.69, 9.17) is 9.47 Å². The SMILES string of the molecule is COc1ccc(OC)c(C(C)NC(=O)c2cc(S(=O)(=O)N3CCC(C)CC3)ccc2C)c1. The quantitative estimate of drug-likeness (QED) is 0.677. The molecule has 1 heterocycles. The maximum atomic E-state index is 13.1. The molecule has 2 aromatic rings. The van der Waals surface area contributed by atoms with Crippen molar-refractivity contribution in [3.05, 3.63) is 53.1 Å². The average Bonchev–Trinajstić information content (AvgIpc) is 2.78. The van der Waals surface area contributed by atoms with Gasteiger partial charge in [0.25, 0.3) is 5.91 Å². The first-order valence-corrected chi connectivity index (χ1v) is 12.2. The van der Waals surface area contributed by atoms with Crippen LogP contribution in [0.3, 0.4) is 0 Å². The second-order valence-corrected chi connectivity index (χ2v) is 10.3. The number of nitrogens with zero attached hydrogens (tertiary/aromatic N) is 1. The number of methoxy groups -OCH3 is 2. The number of nitrogens with one attached hydrogen (secondary N) is 1. The van der Waals surface area contributed by atoms with Crippen LogP contribution >= 0.6 is 0 Å². The molecule has 0 spiro atoms. The van der Waals surface area contributed by atoms with Crippen molar-refractivity contribution < 1.29 is 22.7 Å². The van der Waals surface area contributed by atoms with Gasteiger partial charge in [0.15, 0.2) is 0 Å². The zero-order valence-corrected chi connectivity index (χ0v) is 20.2. The number of aryl methyl sites for hydroxylation is 1. The molecule has 1 fully saturated rings. The number of ether oxygens (including phenoxy) is 2. The molecular formula is C24H32N2O5S. The lowest BCUT2D eigenvalue weighted by Gasteiger charge is -2.29. The highest BCUT2D eigenvalue weighted by molar-refractivity contribution is 7.89. The minimum absolute atomic E-state index is 0.148. The van der Waals surface area contributed by atoms with Crippen molar-refractivity contribution in [3.63, 3.8) is 0 Å². The highest BCUT2D eigenvalue weighted by atomic mass is 32.2. The molecule has 1 amide bonds. The van der Waals surface area contributed by atoms with Crippen LogP contribution < -0.4 is 14.8 Å². The van der Waals surface area contributed by atoms with Crippen molar-refractivity contribution in [2.24, 2.45) is 5.92 Å². The van der Waals surface area contributed by atoms with Gasteiger partial charge in [0.05, 0.1) is 25.2 Å². The van der Waals surface area contributed by atoms with Crippen LogP contribution in [0.1, 0.15) is 54.2 Å². The lowest BCUT2D eigenvalue weighted by molar-refractivity contribution is 0.0938. The molecule has 0 radical (unpaired) electrons. The van der Waals surface area contributed by atoms with E-state index in [0.29, 0.717) is 41.6 Å². The Labute approximate surface area is 190 Å². The molecule has 1 aliphatic heterocycles. The monoisotopic (exact) mass is 460 g/mol. The second kappa shape index (κ2) is 9.92. The van der Waals surface area contributed by atoms with E-state index in [-0.39, 0.29) is 16.8 Å². The molecule has 0 bridgehead atoms. The van der Waals surface area contributed by atoms with Crippen molar-refractivity contribution in [2.45, 2.75) is 44.6 Å². The molecule has 1 unspecified atom stereocenters. The third kappa shape index (κ3) is 5.07. The van der Waals surface area contributed by atoms with Gasteiger partial charge in [-0.05, 0) is 68.5 Å². The lowest BCUT2D eigenvalue weighted by atomic mass is 10.0. The van der Waals surface area contributed by atoms with Gasteiger partial charge in [0.2, 0.25) is 10.0 Å². The molecular weight excluding hydrogens is 428 g/mol. The molecule has 32 heavy (non-hydrogen) atoms. The molecule has 3 rings (SSSR count). The van der Waals surface area contributed by atoms with Crippen LogP contribution in [0.25, 0.3) is 0 Å². The number of piperidine rings is 1. The summed E-state index contributed by atoms with van der Waals surface area (Å²) in [5.41, 5.74) is 1.81. The molecule has 0 saturated carbocycles. The molecule has 0 aliphatic carbocycles. The van der Waals surface area contributed by atoms with Crippen molar-refractivity contribution in [1.29, 1.82) is 0 Å². The van der Waals surface area contributed by atoms with Gasteiger partial charge in [-0.3, -0.25) is 4.79 Å². The molecule has 2 aromatic carbocycles. The Hall–Kier alpha value is -2.58. The molecule has 1 atom stereocenters. The predicted octanol–water partition coefficient (Wildman–Crippen LogP) is 3.92. The van der Waals surface area contributed by atoms with Gasteiger partial charge >= 0.3 is 0 Å². The summed E-state index contributed by atoms with van der Waals surface area (Å²) in [6, 6.07) is 9.75. The summed E-state index contributed by atoms with van der Waals surface area (Å²) in [6.07, 6.45) is 1.69. The van der Waals surface area contributed by atoms with Gasteiger partial charge in [-0.2, -0.15) is 4.31 Å². The van der Waals surface area contributed by atoms with E-state index in [2.05, 4.69) is 12.2 Å². The van der Waals surface area contributed by atoms with Gasteiger partial charge in [-0.25, -0.2) is 8.42 Å². The van der Waals surface area contributed by atoms with Gasteiger partial charge < -0.3 is 14.8 Å². The number of amides is 1. The Morgan fingerprint density at radius 3 is 2.41 bits per heavy atom. The zero-order valence-electron chi connectivity index (χ0n) is 19.3. The van der Waals surface area contributed by atoms with Crippen LogP contribution in [0.2, 0.25) is 0 Å². The van der Waals surface area contributed by atoms with E-state index in [1.165, 1.54) is 10.4 Å². The number of carbonyl (C=O) groups excluding carboxylic acids is 1. The average molecular weight is 461 g/mol. The molecule has 1 aliphatic rings. The van der Waals surface area contributed by atoms with Gasteiger partial charge in [0.1, 0.15) is 11.5 Å². The Balaban J connectivity index is 1.85. The summed E-state index contributed by atoms with van der Waals surface area (Å²) in [6.45, 7) is 6.79. The second-order valence-electron chi connectivity index (χ2n) is 8.37. The first-order valence-electron chi connectivity index (χ1n) is 10.8. The Morgan fingerprint density at radius 2 is 1.78 bits per heavy atom. The first-order chi connectivity index (χ1) is 15.2. The van der Waals surface area contributed by atoms with E-state index in [9.17, 15) is 13.2 Å². The molecule has 1 N–H and O–H groups in total. The van der Waals surface area contributed by atoms with Gasteiger partial charge in [-0.15, -0.1) is 0 Å². The fourth-order valence-electron chi connectivity index (χ4n) is 3.91. The van der Waals surface area contributed by atoms with Crippen LogP contribution in [-0.2, 0) is 10.0 Å². The lowest BCUT2D eigenvalue weighted by Crippen LogP contribution is -2.38. The van der Waals surface area contributed by atoms with E-state index in [0.717, 1.165) is 18.4 Å². The molecule has 1 saturated heterocycles. The number of hydrogen-bond acceptors (Lipinski definition) is 5. The highest BCUT2D eigenvalue weighted by Gasteiger charge is 2.29. The van der Waals surface area contributed by atoms with E-state index in [1.807, 2.05) is 13.0 Å². The third-order valence-electron chi connectivity index (χ3n) is 6.09. The maximum Gasteiger partial charge on any atom is 0.252 e. The van der Waals surface area contributed by atoms with Crippen LogP contribution in [0.15, 0.2) is 41.3 Å². The van der Waals surface area contributed by atoms with Crippen LogP contribution in [0, 0.1) is 12.8 Å². The third-order valence-corrected chi connectivity index (χ3v) is 7.98. The van der Waals surface area contributed by atoms with Crippen molar-refractivity contribution >= 4 is 15.9 Å². The summed E-state index contributed by atoms with van der Waals surface area (Å²) in [5.74, 6) is 1.47. The van der Waals surface area contributed by atoms with Gasteiger partial charge in [0, 0.05) is 24.2 Å². The summed E-state index contributed by atoms with van der Waals surface area (Å²) in [5, 5.41) is 2.96. The summed E-state index contributed by atoms with van der Waals surface area (Å²) >= 11 is 0. The topological polar surface area (TPSA) is 84.9 Å². The summed E-state index contributed by atoms with van der Waals surface area (Å²) in [4.78, 5) is 13.3. The Bertz CT molecular complexity index is 1080. The first kappa shape index (κ1) is 24.1. The molecule has 174 valence electrons. The zero-order chi connectivity index (χ0) is 23.5. The number of hydrogen-bond donors (Lipinski definition) is 1. The standard InChI is InChI=1S/C24H32N2O5S/c1-16-10-12-26(13-11-16)32(28,29)20-8-6-17(2)21(15-20)24(27)25-18(3)22-14-19(30-4)7-9-23(22)31-5/h6-9,14-16,18H,10-13H2,1-5H3,(H,25,27). The fraction of sp³-hybridized carbons (Fsp3) is 0.458. The number of carbonyl (C=O) groups is 1. The smallest absolute Gasteiger partial charge is 0.252 e. The highest BCUT2D eigenvalue weighted by Crippen LogP contribution is 2.30. The normalized spacial score (nSPS) is 16.4. The van der Waals surface area contributed by atoms with Gasteiger partial charge in [-0.1, -0.05) is 13.0 Å². The van der Waals surface area contributed by atoms with Crippen molar-refractivity contribution in [1.82, 2.24) is 9.62 Å². The van der Waals surface area contributed by atoms with Crippen molar-refractivity contribution in [2.75, 3.05) is 27.3 Å². The number of rotatable bonds is 7. The van der Waals surface area contributed by atoms with E-state index < -0.39 is 10.0 Å². The minimum Gasteiger partial charge on any atom is -0.497 e. The molecule has 7 nitrogen and oxygen atoms in total. The minimum atomic E-state index is -3.64. The largest absolute Gasteiger partial charge is 0.497 e. The Morgan fingerprint density at radius 1 is 1.09 bits per heavy atom. The number of benzene rings is 2. The maximum absolute atomic E-state index is 13.1. The predicted molar refractivity (Wildman–Crippen MR) is 124 cm³/mol. The van der Waals surface area contributed by atoms with Crippen LogP contribution in [0.5, 0.6) is 11.5 Å². The van der Waals surface area contributed by atoms with Crippen LogP contribution in [0.4, 0.5) is 0 Å². The molecule has 8 heteroatoms. The number of sulfonamides is 1. The Kier molecular flexibility index (Phi) is 7.46. The summed E-state index contributed by atoms with van der Waals surface area (Å²) in [7, 11) is -0.496. The summed E-state index contributed by atoms with van der Waals surface area (Å²) < 4.78 is 38.5. The van der Waals surface area contributed by atoms with Crippen molar-refractivity contribution in [3.8, 4) is 11.5 Å².